The molecule has 1 N–H and O–H groups in total. The van der Waals surface area contributed by atoms with Crippen LogP contribution in [0.5, 0.6) is 0 Å². The van der Waals surface area contributed by atoms with E-state index in [1.807, 2.05) is 29.4 Å². The van der Waals surface area contributed by atoms with Crippen LogP contribution >= 0.6 is 0 Å². The van der Waals surface area contributed by atoms with Crippen LogP contribution in [0.2, 0.25) is 0 Å². The van der Waals surface area contributed by atoms with Crippen molar-refractivity contribution in [2.24, 2.45) is 46.3 Å². The van der Waals surface area contributed by atoms with Crippen molar-refractivity contribution in [2.75, 3.05) is 37.7 Å². The van der Waals surface area contributed by atoms with Gasteiger partial charge >= 0.3 is 6.09 Å². The molecule has 1 aromatic rings. The average molecular weight is 524 g/mol. The first-order valence-electron chi connectivity index (χ1n) is 15.5. The number of carbonyl (C=O) groups excluding carboxylic acids is 1. The Hall–Kier alpha value is -1.82. The molecule has 4 aliphatic carbocycles. The number of amides is 1. The molecule has 4 saturated carbocycles. The van der Waals surface area contributed by atoms with Gasteiger partial charge in [0.1, 0.15) is 0 Å². The largest absolute Gasteiger partial charge is 0.449 e. The predicted molar refractivity (Wildman–Crippen MR) is 150 cm³/mol. The second kappa shape index (κ2) is 10.3. The number of aliphatic hydroxyl groups excluding tert-OH is 1. The number of fused-ring (bicyclic) bond motifs is 5. The molecular formula is C32H49N3O3. The quantitative estimate of drug-likeness (QED) is 0.525. The van der Waals surface area contributed by atoms with E-state index in [9.17, 15) is 9.90 Å². The van der Waals surface area contributed by atoms with Crippen molar-refractivity contribution < 1.29 is 14.6 Å². The number of anilines is 1. The van der Waals surface area contributed by atoms with E-state index in [4.69, 9.17) is 4.74 Å². The molecule has 210 valence electrons. The van der Waals surface area contributed by atoms with Crippen molar-refractivity contribution in [3.05, 3.63) is 24.5 Å². The lowest BCUT2D eigenvalue weighted by Crippen LogP contribution is -2.54. The molecule has 0 aromatic carbocycles. The fraction of sp³-hybridized carbons (Fsp3) is 0.812. The van der Waals surface area contributed by atoms with Crippen molar-refractivity contribution >= 4 is 11.8 Å². The Morgan fingerprint density at radius 2 is 1.71 bits per heavy atom. The minimum Gasteiger partial charge on any atom is -0.449 e. The maximum absolute atomic E-state index is 13.0. The highest BCUT2D eigenvalue weighted by Gasteiger charge is 2.60. The molecule has 5 fully saturated rings. The highest BCUT2D eigenvalue weighted by atomic mass is 16.6. The Kier molecular flexibility index (Phi) is 7.15. The van der Waals surface area contributed by atoms with E-state index < -0.39 is 0 Å². The van der Waals surface area contributed by atoms with Gasteiger partial charge in [-0.1, -0.05) is 20.8 Å². The zero-order valence-electron chi connectivity index (χ0n) is 23.9. The first kappa shape index (κ1) is 26.4. The molecule has 6 rings (SSSR count). The molecule has 6 heteroatoms. The van der Waals surface area contributed by atoms with Gasteiger partial charge in [-0.05, 0) is 116 Å². The molecule has 0 spiro atoms. The van der Waals surface area contributed by atoms with Crippen molar-refractivity contribution in [3.8, 4) is 0 Å². The van der Waals surface area contributed by atoms with Crippen LogP contribution in [0.15, 0.2) is 24.5 Å². The maximum atomic E-state index is 13.0. The Morgan fingerprint density at radius 1 is 1.00 bits per heavy atom. The second-order valence-corrected chi connectivity index (χ2v) is 14.0. The molecule has 1 amide bonds. The van der Waals surface area contributed by atoms with Crippen LogP contribution in [0, 0.1) is 46.3 Å². The molecule has 1 aliphatic heterocycles. The van der Waals surface area contributed by atoms with Gasteiger partial charge in [-0.25, -0.2) is 4.79 Å². The van der Waals surface area contributed by atoms with Gasteiger partial charge in [0.2, 0.25) is 0 Å². The summed E-state index contributed by atoms with van der Waals surface area (Å²) < 4.78 is 5.96. The normalized spacial score (nSPS) is 41.6. The Bertz CT molecular complexity index is 981. The minimum absolute atomic E-state index is 0.0665. The number of hydrogen-bond acceptors (Lipinski definition) is 5. The van der Waals surface area contributed by atoms with E-state index in [0.717, 1.165) is 49.6 Å². The summed E-state index contributed by atoms with van der Waals surface area (Å²) in [6.45, 7) is 11.1. The lowest BCUT2D eigenvalue weighted by atomic mass is 9.44. The van der Waals surface area contributed by atoms with Gasteiger partial charge in [0, 0.05) is 44.3 Å². The molecule has 2 heterocycles. The second-order valence-electron chi connectivity index (χ2n) is 14.0. The Labute approximate surface area is 229 Å². The molecule has 6 nitrogen and oxygen atoms in total. The maximum Gasteiger partial charge on any atom is 0.409 e. The van der Waals surface area contributed by atoms with E-state index in [1.54, 1.807) is 0 Å². The number of rotatable bonds is 4. The third-order valence-corrected chi connectivity index (χ3v) is 12.4. The number of ether oxygens (including phenoxy) is 1. The Morgan fingerprint density at radius 3 is 2.47 bits per heavy atom. The van der Waals surface area contributed by atoms with E-state index in [-0.39, 0.29) is 12.2 Å². The molecule has 0 bridgehead atoms. The first-order chi connectivity index (χ1) is 18.3. The number of pyridine rings is 1. The molecule has 9 atom stereocenters. The van der Waals surface area contributed by atoms with Gasteiger partial charge in [0.05, 0.1) is 12.7 Å². The standard InChI is InChI=1S/C32H49N3O3/c1-22(21-38-30(37)35-18-16-34(17-19-35)24-10-14-33-15-11-24)27-6-7-28-26-5-4-23-20-25(36)8-12-31(23,2)29(26)9-13-32(27,28)3/h10-11,14-15,22-23,25-29,36H,4-9,12-13,16-21H2,1-3H3/t22?,23-,25-,26-,27+,28-,29-,31-,32+/m0/s1. The number of aliphatic hydroxyl groups is 1. The number of hydrogen-bond donors (Lipinski definition) is 1. The molecular weight excluding hydrogens is 474 g/mol. The van der Waals surface area contributed by atoms with E-state index in [0.29, 0.717) is 42.4 Å². The fourth-order valence-corrected chi connectivity index (χ4v) is 10.3. The van der Waals surface area contributed by atoms with Crippen molar-refractivity contribution in [1.82, 2.24) is 9.88 Å². The third-order valence-electron chi connectivity index (χ3n) is 12.4. The van der Waals surface area contributed by atoms with Crippen molar-refractivity contribution in [3.63, 3.8) is 0 Å². The molecule has 5 aliphatic rings. The summed E-state index contributed by atoms with van der Waals surface area (Å²) in [5.41, 5.74) is 1.98. The van der Waals surface area contributed by atoms with Crippen LogP contribution in [0.3, 0.4) is 0 Å². The van der Waals surface area contributed by atoms with Crippen LogP contribution in [-0.4, -0.2) is 60.0 Å². The molecule has 1 aromatic heterocycles. The summed E-state index contributed by atoms with van der Waals surface area (Å²) in [5, 5.41) is 10.3. The van der Waals surface area contributed by atoms with Gasteiger partial charge in [0.25, 0.3) is 0 Å². The monoisotopic (exact) mass is 523 g/mol. The topological polar surface area (TPSA) is 65.9 Å². The van der Waals surface area contributed by atoms with Gasteiger partial charge in [-0.15, -0.1) is 0 Å². The fourth-order valence-electron chi connectivity index (χ4n) is 10.3. The van der Waals surface area contributed by atoms with Crippen LogP contribution in [0.1, 0.15) is 78.6 Å². The summed E-state index contributed by atoms with van der Waals surface area (Å²) in [4.78, 5) is 21.3. The van der Waals surface area contributed by atoms with E-state index in [2.05, 4.69) is 30.7 Å². The first-order valence-corrected chi connectivity index (χ1v) is 15.5. The number of piperazine rings is 1. The number of aromatic nitrogens is 1. The van der Waals surface area contributed by atoms with E-state index >= 15 is 0 Å². The molecule has 38 heavy (non-hydrogen) atoms. The van der Waals surface area contributed by atoms with Crippen LogP contribution in [0.25, 0.3) is 0 Å². The highest BCUT2D eigenvalue weighted by molar-refractivity contribution is 5.68. The highest BCUT2D eigenvalue weighted by Crippen LogP contribution is 2.68. The van der Waals surface area contributed by atoms with Gasteiger partial charge in [-0.2, -0.15) is 0 Å². The van der Waals surface area contributed by atoms with Crippen LogP contribution in [-0.2, 0) is 4.74 Å². The summed E-state index contributed by atoms with van der Waals surface area (Å²) in [6.07, 6.45) is 14.7. The number of carbonyl (C=O) groups is 1. The van der Waals surface area contributed by atoms with Gasteiger partial charge < -0.3 is 19.6 Å². The predicted octanol–water partition coefficient (Wildman–Crippen LogP) is 6.00. The molecule has 1 unspecified atom stereocenters. The van der Waals surface area contributed by atoms with Crippen LogP contribution < -0.4 is 4.90 Å². The molecule has 1 saturated heterocycles. The Balaban J connectivity index is 1.03. The zero-order valence-corrected chi connectivity index (χ0v) is 23.9. The third kappa shape index (κ3) is 4.53. The van der Waals surface area contributed by atoms with Crippen LogP contribution in [0.4, 0.5) is 10.5 Å². The lowest BCUT2D eigenvalue weighted by molar-refractivity contribution is -0.130. The van der Waals surface area contributed by atoms with Crippen molar-refractivity contribution in [1.29, 1.82) is 0 Å². The van der Waals surface area contributed by atoms with Gasteiger partial charge in [0.15, 0.2) is 0 Å². The SMILES string of the molecule is CC(COC(=O)N1CCN(c2ccncc2)CC1)[C@H]1CC[C@H]2[C@@H]3CC[C@H]4C[C@@H](O)CC[C@]4(C)[C@H]3CC[C@]12C. The van der Waals surface area contributed by atoms with Crippen molar-refractivity contribution in [2.45, 2.75) is 84.7 Å². The smallest absolute Gasteiger partial charge is 0.409 e. The molecule has 0 radical (unpaired) electrons. The summed E-state index contributed by atoms with van der Waals surface area (Å²) in [5.74, 6) is 4.27. The van der Waals surface area contributed by atoms with E-state index in [1.165, 1.54) is 50.6 Å². The minimum atomic E-state index is -0.139. The summed E-state index contributed by atoms with van der Waals surface area (Å²) >= 11 is 0. The van der Waals surface area contributed by atoms with Gasteiger partial charge in [-0.3, -0.25) is 4.98 Å². The zero-order chi connectivity index (χ0) is 26.5. The summed E-state index contributed by atoms with van der Waals surface area (Å²) in [7, 11) is 0. The summed E-state index contributed by atoms with van der Waals surface area (Å²) in [6, 6.07) is 4.06. The average Bonchev–Trinajstić information content (AvgIpc) is 3.30. The number of nitrogens with zero attached hydrogens (tertiary/aromatic N) is 3. The lowest BCUT2D eigenvalue weighted by Gasteiger charge is -2.61.